The van der Waals surface area contributed by atoms with Crippen LogP contribution in [0.3, 0.4) is 0 Å². The van der Waals surface area contributed by atoms with Crippen LogP contribution in [0.5, 0.6) is 11.6 Å². The first-order valence-electron chi connectivity index (χ1n) is 11.6. The SMILES string of the molecule is COc1ccc(C(c2ccc(OC(C)C)nc2)N2CC[C@@H](NC(=O)c3ccc(C#N)nc3)C2)cc1. The van der Waals surface area contributed by atoms with Gasteiger partial charge in [-0.05, 0) is 55.7 Å². The minimum Gasteiger partial charge on any atom is -0.497 e. The number of methoxy groups -OCH3 is 1. The molecule has 35 heavy (non-hydrogen) atoms. The molecule has 2 atom stereocenters. The molecular weight excluding hydrogens is 442 g/mol. The van der Waals surface area contributed by atoms with E-state index in [-0.39, 0.29) is 29.8 Å². The normalized spacial score (nSPS) is 16.5. The van der Waals surface area contributed by atoms with E-state index in [1.807, 2.05) is 50.4 Å². The highest BCUT2D eigenvalue weighted by Crippen LogP contribution is 2.33. The van der Waals surface area contributed by atoms with Crippen molar-refractivity contribution in [1.29, 1.82) is 5.26 Å². The number of hydrogen-bond donors (Lipinski definition) is 1. The molecule has 1 amide bonds. The molecule has 3 aromatic rings. The number of aromatic nitrogens is 2. The summed E-state index contributed by atoms with van der Waals surface area (Å²) in [5.74, 6) is 1.21. The van der Waals surface area contributed by atoms with Crippen molar-refractivity contribution >= 4 is 5.91 Å². The van der Waals surface area contributed by atoms with Crippen LogP contribution in [0.15, 0.2) is 60.9 Å². The fourth-order valence-corrected chi connectivity index (χ4v) is 4.27. The molecule has 1 N–H and O–H groups in total. The molecule has 1 aliphatic rings. The molecule has 1 unspecified atom stereocenters. The minimum atomic E-state index is -0.188. The topological polar surface area (TPSA) is 100 Å². The van der Waals surface area contributed by atoms with Gasteiger partial charge >= 0.3 is 0 Å². The highest BCUT2D eigenvalue weighted by molar-refractivity contribution is 5.94. The van der Waals surface area contributed by atoms with E-state index in [4.69, 9.17) is 14.7 Å². The van der Waals surface area contributed by atoms with Crippen LogP contribution in [-0.2, 0) is 0 Å². The van der Waals surface area contributed by atoms with Gasteiger partial charge in [-0.15, -0.1) is 0 Å². The summed E-state index contributed by atoms with van der Waals surface area (Å²) < 4.78 is 11.1. The van der Waals surface area contributed by atoms with Gasteiger partial charge < -0.3 is 14.8 Å². The molecule has 8 heteroatoms. The number of pyridine rings is 2. The van der Waals surface area contributed by atoms with Crippen molar-refractivity contribution in [3.8, 4) is 17.7 Å². The van der Waals surface area contributed by atoms with Crippen LogP contribution in [0.1, 0.15) is 53.5 Å². The van der Waals surface area contributed by atoms with Crippen molar-refractivity contribution in [2.45, 2.75) is 38.5 Å². The van der Waals surface area contributed by atoms with E-state index in [9.17, 15) is 4.79 Å². The second kappa shape index (κ2) is 11.0. The minimum absolute atomic E-state index is 0.00426. The summed E-state index contributed by atoms with van der Waals surface area (Å²) in [6.45, 7) is 5.46. The quantitative estimate of drug-likeness (QED) is 0.534. The van der Waals surface area contributed by atoms with Crippen LogP contribution in [0, 0.1) is 11.3 Å². The lowest BCUT2D eigenvalue weighted by Crippen LogP contribution is -2.38. The number of rotatable bonds is 8. The Morgan fingerprint density at radius 3 is 2.46 bits per heavy atom. The summed E-state index contributed by atoms with van der Waals surface area (Å²) in [4.78, 5) is 23.6. The van der Waals surface area contributed by atoms with Crippen molar-refractivity contribution in [2.24, 2.45) is 0 Å². The number of ether oxygens (including phenoxy) is 2. The third kappa shape index (κ3) is 5.94. The number of nitriles is 1. The van der Waals surface area contributed by atoms with Gasteiger partial charge in [-0.2, -0.15) is 5.26 Å². The van der Waals surface area contributed by atoms with Gasteiger partial charge in [-0.1, -0.05) is 18.2 Å². The van der Waals surface area contributed by atoms with Crippen LogP contribution in [-0.4, -0.2) is 53.1 Å². The number of hydrogen-bond acceptors (Lipinski definition) is 7. The van der Waals surface area contributed by atoms with Crippen molar-refractivity contribution in [2.75, 3.05) is 20.2 Å². The van der Waals surface area contributed by atoms with Crippen LogP contribution in [0.4, 0.5) is 0 Å². The number of likely N-dealkylation sites (tertiary alicyclic amines) is 1. The summed E-state index contributed by atoms with van der Waals surface area (Å²) in [6, 6.07) is 17.1. The van der Waals surface area contributed by atoms with Crippen molar-refractivity contribution in [3.63, 3.8) is 0 Å². The number of nitrogens with one attached hydrogen (secondary N) is 1. The standard InChI is InChI=1S/C27H29N5O3/c1-18(2)35-25-11-7-20(15-30-25)26(19-5-9-24(34-3)10-6-19)32-13-12-23(17-32)31-27(33)21-4-8-22(14-28)29-16-21/h4-11,15-16,18,23,26H,12-13,17H2,1-3H3,(H,31,33)/t23-,26?/m1/s1. The first-order chi connectivity index (χ1) is 17.0. The molecule has 180 valence electrons. The molecule has 0 saturated carbocycles. The molecule has 1 fully saturated rings. The zero-order valence-corrected chi connectivity index (χ0v) is 20.1. The van der Waals surface area contributed by atoms with E-state index >= 15 is 0 Å². The van der Waals surface area contributed by atoms with Gasteiger partial charge in [-0.3, -0.25) is 9.69 Å². The highest BCUT2D eigenvalue weighted by atomic mass is 16.5. The van der Waals surface area contributed by atoms with Gasteiger partial charge in [-0.25, -0.2) is 9.97 Å². The lowest BCUT2D eigenvalue weighted by Gasteiger charge is -2.29. The van der Waals surface area contributed by atoms with E-state index < -0.39 is 0 Å². The zero-order chi connectivity index (χ0) is 24.8. The summed E-state index contributed by atoms with van der Waals surface area (Å²) in [5.41, 5.74) is 2.90. The molecule has 3 heterocycles. The van der Waals surface area contributed by atoms with Gasteiger partial charge in [0.05, 0.1) is 24.8 Å². The average molecular weight is 472 g/mol. The number of nitrogens with zero attached hydrogens (tertiary/aromatic N) is 4. The Morgan fingerprint density at radius 2 is 1.86 bits per heavy atom. The summed E-state index contributed by atoms with van der Waals surface area (Å²) >= 11 is 0. The molecule has 1 saturated heterocycles. The summed E-state index contributed by atoms with van der Waals surface area (Å²) in [5, 5.41) is 12.0. The Balaban J connectivity index is 1.52. The third-order valence-corrected chi connectivity index (χ3v) is 5.92. The largest absolute Gasteiger partial charge is 0.497 e. The maximum Gasteiger partial charge on any atom is 0.253 e. The summed E-state index contributed by atoms with van der Waals surface area (Å²) in [6.07, 6.45) is 4.18. The van der Waals surface area contributed by atoms with Gasteiger partial charge in [0, 0.05) is 37.6 Å². The smallest absolute Gasteiger partial charge is 0.253 e. The molecule has 4 rings (SSSR count). The maximum atomic E-state index is 12.7. The molecule has 2 aromatic heterocycles. The zero-order valence-electron chi connectivity index (χ0n) is 20.1. The van der Waals surface area contributed by atoms with E-state index in [0.717, 1.165) is 29.8 Å². The molecular formula is C27H29N5O3. The number of amides is 1. The average Bonchev–Trinajstić information content (AvgIpc) is 3.33. The van der Waals surface area contributed by atoms with Crippen LogP contribution < -0.4 is 14.8 Å². The van der Waals surface area contributed by atoms with Gasteiger partial charge in [0.2, 0.25) is 5.88 Å². The molecule has 1 aliphatic heterocycles. The molecule has 0 radical (unpaired) electrons. The molecule has 0 spiro atoms. The summed E-state index contributed by atoms with van der Waals surface area (Å²) in [7, 11) is 1.65. The van der Waals surface area contributed by atoms with Crippen LogP contribution in [0.2, 0.25) is 0 Å². The Hall–Kier alpha value is -3.96. The Bertz CT molecular complexity index is 1170. The van der Waals surface area contributed by atoms with Crippen molar-refractivity contribution < 1.29 is 14.3 Å². The van der Waals surface area contributed by atoms with E-state index in [2.05, 4.69) is 32.3 Å². The fourth-order valence-electron chi connectivity index (χ4n) is 4.27. The number of carbonyl (C=O) groups excluding carboxylic acids is 1. The monoisotopic (exact) mass is 471 g/mol. The molecule has 0 bridgehead atoms. The molecule has 1 aromatic carbocycles. The lowest BCUT2D eigenvalue weighted by molar-refractivity contribution is 0.0936. The Morgan fingerprint density at radius 1 is 1.09 bits per heavy atom. The Kier molecular flexibility index (Phi) is 7.58. The number of benzene rings is 1. The van der Waals surface area contributed by atoms with Crippen molar-refractivity contribution in [1.82, 2.24) is 20.2 Å². The van der Waals surface area contributed by atoms with Crippen molar-refractivity contribution in [3.05, 3.63) is 83.3 Å². The second-order valence-corrected chi connectivity index (χ2v) is 8.77. The number of carbonyl (C=O) groups is 1. The first-order valence-corrected chi connectivity index (χ1v) is 11.6. The second-order valence-electron chi connectivity index (χ2n) is 8.77. The van der Waals surface area contributed by atoms with Gasteiger partial charge in [0.15, 0.2) is 0 Å². The predicted molar refractivity (Wildman–Crippen MR) is 131 cm³/mol. The van der Waals surface area contributed by atoms with E-state index in [1.165, 1.54) is 6.20 Å². The predicted octanol–water partition coefficient (Wildman–Crippen LogP) is 3.74. The first kappa shape index (κ1) is 24.2. The highest BCUT2D eigenvalue weighted by Gasteiger charge is 2.31. The Labute approximate surface area is 205 Å². The van der Waals surface area contributed by atoms with Gasteiger partial charge in [0.1, 0.15) is 17.5 Å². The van der Waals surface area contributed by atoms with E-state index in [1.54, 1.807) is 19.2 Å². The van der Waals surface area contributed by atoms with Crippen LogP contribution >= 0.6 is 0 Å². The van der Waals surface area contributed by atoms with E-state index in [0.29, 0.717) is 18.0 Å². The van der Waals surface area contributed by atoms with Gasteiger partial charge in [0.25, 0.3) is 5.91 Å². The lowest BCUT2D eigenvalue weighted by atomic mass is 9.98. The maximum absolute atomic E-state index is 12.7. The molecule has 0 aliphatic carbocycles. The molecule has 8 nitrogen and oxygen atoms in total. The third-order valence-electron chi connectivity index (χ3n) is 5.92. The fraction of sp³-hybridized carbons (Fsp3) is 0.333. The van der Waals surface area contributed by atoms with Crippen LogP contribution in [0.25, 0.3) is 0 Å².